The van der Waals surface area contributed by atoms with Crippen LogP contribution in [-0.2, 0) is 16.0 Å². The van der Waals surface area contributed by atoms with Crippen molar-refractivity contribution in [3.05, 3.63) is 39.7 Å². The van der Waals surface area contributed by atoms with Gasteiger partial charge in [0.2, 0.25) is 0 Å². The van der Waals surface area contributed by atoms with Crippen LogP contribution in [0.1, 0.15) is 25.3 Å². The number of esters is 1. The molecule has 0 aliphatic rings. The summed E-state index contributed by atoms with van der Waals surface area (Å²) in [5.74, 6) is -0.974. The average molecular weight is 255 g/mol. The van der Waals surface area contributed by atoms with Gasteiger partial charge in [-0.1, -0.05) is 0 Å². The quantitative estimate of drug-likeness (QED) is 0.445. The molecule has 1 aromatic rings. The van der Waals surface area contributed by atoms with Crippen molar-refractivity contribution >= 4 is 11.7 Å². The van der Waals surface area contributed by atoms with Crippen molar-refractivity contribution < 1.29 is 18.8 Å². The van der Waals surface area contributed by atoms with Gasteiger partial charge in [-0.15, -0.1) is 0 Å². The summed E-state index contributed by atoms with van der Waals surface area (Å²) < 4.78 is 17.6. The van der Waals surface area contributed by atoms with Gasteiger partial charge in [0.25, 0.3) is 5.69 Å². The van der Waals surface area contributed by atoms with Crippen molar-refractivity contribution in [1.82, 2.24) is 0 Å². The van der Waals surface area contributed by atoms with E-state index in [1.54, 1.807) is 6.92 Å². The van der Waals surface area contributed by atoms with Gasteiger partial charge in [0.05, 0.1) is 17.6 Å². The highest BCUT2D eigenvalue weighted by Gasteiger charge is 2.14. The molecule has 0 N–H and O–H groups in total. The van der Waals surface area contributed by atoms with Crippen molar-refractivity contribution in [3.8, 4) is 0 Å². The minimum absolute atomic E-state index is 0.197. The predicted molar refractivity (Wildman–Crippen MR) is 62.6 cm³/mol. The van der Waals surface area contributed by atoms with Crippen molar-refractivity contribution in [2.24, 2.45) is 0 Å². The van der Waals surface area contributed by atoms with E-state index in [2.05, 4.69) is 0 Å². The number of carbonyl (C=O) groups excluding carboxylic acids is 1. The number of halogens is 1. The zero-order valence-corrected chi connectivity index (χ0v) is 10.0. The third kappa shape index (κ3) is 4.12. The molecule has 0 atom stereocenters. The van der Waals surface area contributed by atoms with Crippen LogP contribution in [0.25, 0.3) is 0 Å². The Morgan fingerprint density at radius 1 is 1.50 bits per heavy atom. The number of aryl methyl sites for hydroxylation is 1. The van der Waals surface area contributed by atoms with Gasteiger partial charge in [0.1, 0.15) is 5.82 Å². The topological polar surface area (TPSA) is 69.4 Å². The van der Waals surface area contributed by atoms with Crippen LogP contribution in [0.2, 0.25) is 0 Å². The standard InChI is InChI=1S/C12H14FNO4/c1-2-18-12(15)5-3-4-9-6-7-10(13)8-11(9)14(16)17/h6-8H,2-5H2,1H3. The van der Waals surface area contributed by atoms with Crippen molar-refractivity contribution in [1.29, 1.82) is 0 Å². The van der Waals surface area contributed by atoms with E-state index in [1.807, 2.05) is 0 Å². The Morgan fingerprint density at radius 2 is 2.22 bits per heavy atom. The van der Waals surface area contributed by atoms with Gasteiger partial charge >= 0.3 is 5.97 Å². The summed E-state index contributed by atoms with van der Waals surface area (Å²) in [5.41, 5.74) is 0.171. The Balaban J connectivity index is 2.62. The van der Waals surface area contributed by atoms with Crippen LogP contribution < -0.4 is 0 Å². The average Bonchev–Trinajstić information content (AvgIpc) is 2.31. The molecule has 1 rings (SSSR count). The zero-order valence-electron chi connectivity index (χ0n) is 10.0. The summed E-state index contributed by atoms with van der Waals surface area (Å²) in [4.78, 5) is 21.2. The first-order valence-electron chi connectivity index (χ1n) is 5.63. The molecule has 98 valence electrons. The first-order valence-corrected chi connectivity index (χ1v) is 5.63. The largest absolute Gasteiger partial charge is 0.466 e. The normalized spacial score (nSPS) is 10.1. The van der Waals surface area contributed by atoms with Crippen LogP contribution >= 0.6 is 0 Å². The minimum atomic E-state index is -0.643. The lowest BCUT2D eigenvalue weighted by molar-refractivity contribution is -0.385. The predicted octanol–water partition coefficient (Wildman–Crippen LogP) is 2.62. The molecule has 0 amide bonds. The number of ether oxygens (including phenoxy) is 1. The number of hydrogen-bond donors (Lipinski definition) is 0. The van der Waals surface area contributed by atoms with E-state index in [9.17, 15) is 19.3 Å². The summed E-state index contributed by atoms with van der Waals surface area (Å²) in [7, 11) is 0. The molecule has 6 heteroatoms. The maximum atomic E-state index is 12.9. The maximum Gasteiger partial charge on any atom is 0.305 e. The fraction of sp³-hybridized carbons (Fsp3) is 0.417. The Kier molecular flexibility index (Phi) is 5.23. The van der Waals surface area contributed by atoms with Crippen LogP contribution in [0, 0.1) is 15.9 Å². The molecule has 0 heterocycles. The monoisotopic (exact) mass is 255 g/mol. The molecule has 0 saturated carbocycles. The number of carbonyl (C=O) groups is 1. The summed E-state index contributed by atoms with van der Waals surface area (Å²) in [5, 5.41) is 10.7. The second-order valence-corrected chi connectivity index (χ2v) is 3.69. The molecule has 0 aliphatic heterocycles. The number of nitro groups is 1. The Bertz CT molecular complexity index is 448. The second kappa shape index (κ2) is 6.68. The number of nitro benzene ring substituents is 1. The van der Waals surface area contributed by atoms with Gasteiger partial charge in [0.15, 0.2) is 0 Å². The molecule has 0 saturated heterocycles. The highest BCUT2D eigenvalue weighted by molar-refractivity contribution is 5.69. The van der Waals surface area contributed by atoms with Gasteiger partial charge in [-0.2, -0.15) is 0 Å². The second-order valence-electron chi connectivity index (χ2n) is 3.69. The highest BCUT2D eigenvalue weighted by atomic mass is 19.1. The van der Waals surface area contributed by atoms with E-state index in [1.165, 1.54) is 12.1 Å². The molecule has 0 spiro atoms. The van der Waals surface area contributed by atoms with E-state index in [0.717, 1.165) is 6.07 Å². The fourth-order valence-electron chi connectivity index (χ4n) is 1.57. The van der Waals surface area contributed by atoms with Gasteiger partial charge in [-0.25, -0.2) is 4.39 Å². The SMILES string of the molecule is CCOC(=O)CCCc1ccc(F)cc1[N+](=O)[O-]. The zero-order chi connectivity index (χ0) is 13.5. The van der Waals surface area contributed by atoms with Crippen LogP contribution in [0.5, 0.6) is 0 Å². The van der Waals surface area contributed by atoms with Gasteiger partial charge in [-0.3, -0.25) is 14.9 Å². The Labute approximate surface area is 104 Å². The molecular weight excluding hydrogens is 241 g/mol. The summed E-state index contributed by atoms with van der Waals surface area (Å²) in [6.45, 7) is 2.03. The van der Waals surface area contributed by atoms with Crippen LogP contribution in [0.15, 0.2) is 18.2 Å². The molecule has 0 fully saturated rings. The molecule has 0 unspecified atom stereocenters. The lowest BCUT2D eigenvalue weighted by atomic mass is 10.1. The lowest BCUT2D eigenvalue weighted by Gasteiger charge is -2.03. The molecule has 0 aromatic heterocycles. The molecule has 0 radical (unpaired) electrons. The van der Waals surface area contributed by atoms with E-state index in [4.69, 9.17) is 4.74 Å². The molecule has 18 heavy (non-hydrogen) atoms. The van der Waals surface area contributed by atoms with E-state index >= 15 is 0 Å². The van der Waals surface area contributed by atoms with E-state index in [-0.39, 0.29) is 18.1 Å². The molecule has 5 nitrogen and oxygen atoms in total. The van der Waals surface area contributed by atoms with Crippen molar-refractivity contribution in [2.75, 3.05) is 6.61 Å². The number of benzene rings is 1. The van der Waals surface area contributed by atoms with Crippen molar-refractivity contribution in [3.63, 3.8) is 0 Å². The Hall–Kier alpha value is -1.98. The van der Waals surface area contributed by atoms with Gasteiger partial charge in [0, 0.05) is 12.0 Å². The molecule has 1 aromatic carbocycles. The lowest BCUT2D eigenvalue weighted by Crippen LogP contribution is -2.04. The van der Waals surface area contributed by atoms with E-state index < -0.39 is 10.7 Å². The summed E-state index contributed by atoms with van der Waals surface area (Å²) in [6.07, 6.45) is 0.975. The number of rotatable bonds is 6. The fourth-order valence-corrected chi connectivity index (χ4v) is 1.57. The number of hydrogen-bond acceptors (Lipinski definition) is 4. The first-order chi connectivity index (χ1) is 8.54. The third-order valence-corrected chi connectivity index (χ3v) is 2.38. The smallest absolute Gasteiger partial charge is 0.305 e. The van der Waals surface area contributed by atoms with Crippen LogP contribution in [0.3, 0.4) is 0 Å². The van der Waals surface area contributed by atoms with E-state index in [0.29, 0.717) is 25.0 Å². The first kappa shape index (κ1) is 14.1. The Morgan fingerprint density at radius 3 is 2.83 bits per heavy atom. The van der Waals surface area contributed by atoms with Crippen LogP contribution in [0.4, 0.5) is 10.1 Å². The minimum Gasteiger partial charge on any atom is -0.466 e. The molecular formula is C12H14FNO4. The summed E-state index contributed by atoms with van der Waals surface area (Å²) >= 11 is 0. The van der Waals surface area contributed by atoms with Crippen molar-refractivity contribution in [2.45, 2.75) is 26.2 Å². The maximum absolute atomic E-state index is 12.9. The van der Waals surface area contributed by atoms with Crippen LogP contribution in [-0.4, -0.2) is 17.5 Å². The number of nitrogens with zero attached hydrogens (tertiary/aromatic N) is 1. The third-order valence-electron chi connectivity index (χ3n) is 2.38. The molecule has 0 aliphatic carbocycles. The highest BCUT2D eigenvalue weighted by Crippen LogP contribution is 2.21. The summed E-state index contributed by atoms with van der Waals surface area (Å²) in [6, 6.07) is 3.44. The molecule has 0 bridgehead atoms. The van der Waals surface area contributed by atoms with Gasteiger partial charge < -0.3 is 4.74 Å². The van der Waals surface area contributed by atoms with Gasteiger partial charge in [-0.05, 0) is 31.9 Å².